The molecule has 0 aliphatic heterocycles. The molecule has 0 bridgehead atoms. The maximum absolute atomic E-state index is 12.8. The molecule has 2 rings (SSSR count). The number of benzene rings is 2. The minimum Gasteiger partial charge on any atom is -0.483 e. The normalized spacial score (nSPS) is 10.2. The van der Waals surface area contributed by atoms with Gasteiger partial charge in [0.05, 0.1) is 0 Å². The van der Waals surface area contributed by atoms with E-state index in [0.29, 0.717) is 0 Å². The molecule has 5 nitrogen and oxygen atoms in total. The Labute approximate surface area is 132 Å². The second kappa shape index (κ2) is 7.40. The number of rotatable bonds is 6. The molecule has 0 saturated heterocycles. The van der Waals surface area contributed by atoms with Crippen LogP contribution in [0.25, 0.3) is 0 Å². The lowest BCUT2D eigenvalue weighted by Crippen LogP contribution is -2.28. The van der Waals surface area contributed by atoms with Gasteiger partial charge in [0.2, 0.25) is 0 Å². The van der Waals surface area contributed by atoms with Gasteiger partial charge in [-0.3, -0.25) is 4.79 Å². The first-order valence-electron chi connectivity index (χ1n) is 6.93. The Morgan fingerprint density at radius 3 is 2.52 bits per heavy atom. The van der Waals surface area contributed by atoms with Gasteiger partial charge in [-0.15, -0.1) is 0 Å². The highest BCUT2D eigenvalue weighted by Crippen LogP contribution is 2.20. The fourth-order valence-electron chi connectivity index (χ4n) is 1.92. The van der Waals surface area contributed by atoms with Gasteiger partial charge in [-0.1, -0.05) is 18.2 Å². The molecule has 0 heterocycles. The van der Waals surface area contributed by atoms with E-state index in [0.717, 1.165) is 11.1 Å². The van der Waals surface area contributed by atoms with Crippen LogP contribution in [-0.4, -0.2) is 23.6 Å². The minimum atomic E-state index is -1.12. The third-order valence-electron chi connectivity index (χ3n) is 3.13. The third kappa shape index (κ3) is 4.81. The van der Waals surface area contributed by atoms with Gasteiger partial charge in [0.15, 0.2) is 6.61 Å². The maximum Gasteiger partial charge on any atom is 0.339 e. The standard InChI is InChI=1S/C17H16FNO4/c1-11-2-7-14(17(21)22)15(8-11)23-10-16(20)19-9-12-3-5-13(18)6-4-12/h2-8H,9-10H2,1H3,(H,19,20)(H,21,22). The highest BCUT2D eigenvalue weighted by atomic mass is 19.1. The van der Waals surface area contributed by atoms with E-state index >= 15 is 0 Å². The summed E-state index contributed by atoms with van der Waals surface area (Å²) >= 11 is 0. The molecule has 23 heavy (non-hydrogen) atoms. The number of carbonyl (C=O) groups excluding carboxylic acids is 1. The summed E-state index contributed by atoms with van der Waals surface area (Å²) in [6.07, 6.45) is 0. The fourth-order valence-corrected chi connectivity index (χ4v) is 1.92. The maximum atomic E-state index is 12.8. The van der Waals surface area contributed by atoms with Crippen molar-refractivity contribution in [2.45, 2.75) is 13.5 Å². The number of carboxylic acid groups (broad SMARTS) is 1. The van der Waals surface area contributed by atoms with Crippen LogP contribution in [0, 0.1) is 12.7 Å². The molecule has 0 radical (unpaired) electrons. The molecule has 1 amide bonds. The molecule has 6 heteroatoms. The minimum absolute atomic E-state index is 0.00179. The van der Waals surface area contributed by atoms with Crippen molar-refractivity contribution in [1.82, 2.24) is 5.32 Å². The van der Waals surface area contributed by atoms with Crippen molar-refractivity contribution in [1.29, 1.82) is 0 Å². The predicted molar refractivity (Wildman–Crippen MR) is 81.9 cm³/mol. The van der Waals surface area contributed by atoms with Gasteiger partial charge in [-0.2, -0.15) is 0 Å². The zero-order valence-corrected chi connectivity index (χ0v) is 12.5. The molecule has 0 aliphatic rings. The van der Waals surface area contributed by atoms with Crippen LogP contribution >= 0.6 is 0 Å². The summed E-state index contributed by atoms with van der Waals surface area (Å²) in [7, 11) is 0. The molecule has 0 unspecified atom stereocenters. The van der Waals surface area contributed by atoms with E-state index in [1.807, 2.05) is 0 Å². The molecule has 2 N–H and O–H groups in total. The summed E-state index contributed by atoms with van der Waals surface area (Å²) in [5.74, 6) is -1.71. The highest BCUT2D eigenvalue weighted by molar-refractivity contribution is 5.91. The van der Waals surface area contributed by atoms with Gasteiger partial charge < -0.3 is 15.2 Å². The molecule has 2 aromatic rings. The first-order chi connectivity index (χ1) is 11.0. The Balaban J connectivity index is 1.90. The average Bonchev–Trinajstić information content (AvgIpc) is 2.52. The van der Waals surface area contributed by atoms with Gasteiger partial charge in [-0.25, -0.2) is 9.18 Å². The Morgan fingerprint density at radius 1 is 1.17 bits per heavy atom. The molecule has 0 atom stereocenters. The van der Waals surface area contributed by atoms with E-state index in [2.05, 4.69) is 5.32 Å². The number of amides is 1. The topological polar surface area (TPSA) is 75.6 Å². The Kier molecular flexibility index (Phi) is 5.30. The molecule has 0 fully saturated rings. The Morgan fingerprint density at radius 2 is 1.87 bits per heavy atom. The summed E-state index contributed by atoms with van der Waals surface area (Å²) in [5.41, 5.74) is 1.58. The van der Waals surface area contributed by atoms with Crippen LogP contribution in [-0.2, 0) is 11.3 Å². The first-order valence-corrected chi connectivity index (χ1v) is 6.93. The SMILES string of the molecule is Cc1ccc(C(=O)O)c(OCC(=O)NCc2ccc(F)cc2)c1. The van der Waals surface area contributed by atoms with Crippen molar-refractivity contribution in [2.24, 2.45) is 0 Å². The second-order valence-corrected chi connectivity index (χ2v) is 5.00. The average molecular weight is 317 g/mol. The molecular formula is C17H16FNO4. The number of ether oxygens (including phenoxy) is 1. The van der Waals surface area contributed by atoms with E-state index in [1.54, 1.807) is 31.2 Å². The molecule has 0 saturated carbocycles. The quantitative estimate of drug-likeness (QED) is 0.858. The van der Waals surface area contributed by atoms with Crippen molar-refractivity contribution in [2.75, 3.05) is 6.61 Å². The lowest BCUT2D eigenvalue weighted by Gasteiger charge is -2.10. The summed E-state index contributed by atoms with van der Waals surface area (Å²) in [5, 5.41) is 11.7. The highest BCUT2D eigenvalue weighted by Gasteiger charge is 2.12. The summed E-state index contributed by atoms with van der Waals surface area (Å²) in [6, 6.07) is 10.4. The molecule has 2 aromatic carbocycles. The number of aromatic carboxylic acids is 1. The Hall–Kier alpha value is -2.89. The molecule has 0 spiro atoms. The molecular weight excluding hydrogens is 301 g/mol. The van der Waals surface area contributed by atoms with Crippen LogP contribution in [0.3, 0.4) is 0 Å². The summed E-state index contributed by atoms with van der Waals surface area (Å²) in [4.78, 5) is 22.9. The van der Waals surface area contributed by atoms with E-state index in [9.17, 15) is 14.0 Å². The van der Waals surface area contributed by atoms with E-state index in [1.165, 1.54) is 18.2 Å². The number of carboxylic acids is 1. The van der Waals surface area contributed by atoms with Crippen LogP contribution in [0.15, 0.2) is 42.5 Å². The number of hydrogen-bond donors (Lipinski definition) is 2. The van der Waals surface area contributed by atoms with Crippen LogP contribution < -0.4 is 10.1 Å². The number of carbonyl (C=O) groups is 2. The van der Waals surface area contributed by atoms with Crippen LogP contribution in [0.1, 0.15) is 21.5 Å². The van der Waals surface area contributed by atoms with Crippen LogP contribution in [0.4, 0.5) is 4.39 Å². The van der Waals surface area contributed by atoms with Crippen molar-refractivity contribution in [3.63, 3.8) is 0 Å². The zero-order valence-electron chi connectivity index (χ0n) is 12.5. The Bertz CT molecular complexity index is 713. The van der Waals surface area contributed by atoms with E-state index in [4.69, 9.17) is 9.84 Å². The van der Waals surface area contributed by atoms with Gasteiger partial charge >= 0.3 is 5.97 Å². The number of aryl methyl sites for hydroxylation is 1. The predicted octanol–water partition coefficient (Wildman–Crippen LogP) is 2.53. The summed E-state index contributed by atoms with van der Waals surface area (Å²) < 4.78 is 18.1. The van der Waals surface area contributed by atoms with Crippen molar-refractivity contribution in [3.8, 4) is 5.75 Å². The molecule has 0 aromatic heterocycles. The van der Waals surface area contributed by atoms with Crippen LogP contribution in [0.5, 0.6) is 5.75 Å². The second-order valence-electron chi connectivity index (χ2n) is 5.00. The van der Waals surface area contributed by atoms with Gasteiger partial charge in [0.1, 0.15) is 17.1 Å². The van der Waals surface area contributed by atoms with Gasteiger partial charge in [0.25, 0.3) is 5.91 Å². The van der Waals surface area contributed by atoms with Crippen molar-refractivity contribution >= 4 is 11.9 Å². The lowest BCUT2D eigenvalue weighted by atomic mass is 10.1. The number of nitrogens with one attached hydrogen (secondary N) is 1. The van der Waals surface area contributed by atoms with Crippen LogP contribution in [0.2, 0.25) is 0 Å². The van der Waals surface area contributed by atoms with Crippen molar-refractivity contribution < 1.29 is 23.8 Å². The molecule has 0 aliphatic carbocycles. The van der Waals surface area contributed by atoms with E-state index in [-0.39, 0.29) is 30.3 Å². The molecule has 120 valence electrons. The van der Waals surface area contributed by atoms with E-state index < -0.39 is 11.9 Å². The number of halogens is 1. The van der Waals surface area contributed by atoms with Gasteiger partial charge in [0, 0.05) is 6.54 Å². The van der Waals surface area contributed by atoms with Crippen molar-refractivity contribution in [3.05, 3.63) is 65.0 Å². The van der Waals surface area contributed by atoms with Gasteiger partial charge in [-0.05, 0) is 42.3 Å². The lowest BCUT2D eigenvalue weighted by molar-refractivity contribution is -0.123. The number of hydrogen-bond acceptors (Lipinski definition) is 3. The zero-order chi connectivity index (χ0) is 16.8. The smallest absolute Gasteiger partial charge is 0.339 e. The third-order valence-corrected chi connectivity index (χ3v) is 3.13. The first kappa shape index (κ1) is 16.5. The monoisotopic (exact) mass is 317 g/mol. The fraction of sp³-hybridized carbons (Fsp3) is 0.176. The largest absolute Gasteiger partial charge is 0.483 e. The summed E-state index contributed by atoms with van der Waals surface area (Å²) in [6.45, 7) is 1.74.